The Kier molecular flexibility index (Phi) is 6.86. The Hall–Kier alpha value is -2.03. The summed E-state index contributed by atoms with van der Waals surface area (Å²) in [5.74, 6) is 0.0919. The molecule has 0 saturated carbocycles. The number of hydrogen-bond acceptors (Lipinski definition) is 6. The van der Waals surface area contributed by atoms with Gasteiger partial charge in [0.05, 0.1) is 25.9 Å². The number of nitrogens with two attached hydrogens (primary N) is 1. The molecule has 1 atom stereocenters. The van der Waals surface area contributed by atoms with Gasteiger partial charge in [-0.2, -0.15) is 4.98 Å². The van der Waals surface area contributed by atoms with Gasteiger partial charge in [0.25, 0.3) is 0 Å². The Morgan fingerprint density at radius 1 is 1.24 bits per heavy atom. The van der Waals surface area contributed by atoms with Crippen molar-refractivity contribution in [2.45, 2.75) is 19.3 Å². The average Bonchev–Trinajstić information content (AvgIpc) is 2.55. The number of nitrogens with zero attached hydrogens (tertiary/aromatic N) is 2. The van der Waals surface area contributed by atoms with E-state index in [1.54, 1.807) is 0 Å². The summed E-state index contributed by atoms with van der Waals surface area (Å²) in [6.07, 6.45) is -0.0568. The highest BCUT2D eigenvalue weighted by atomic mass is 31.2. The number of hydrogen-bond donors (Lipinski definition) is 3. The molecule has 0 fully saturated rings. The Morgan fingerprint density at radius 2 is 1.96 bits per heavy atom. The lowest BCUT2D eigenvalue weighted by Crippen LogP contribution is -2.32. The van der Waals surface area contributed by atoms with Crippen LogP contribution < -0.4 is 11.4 Å². The molecule has 1 aromatic heterocycles. The van der Waals surface area contributed by atoms with Crippen molar-refractivity contribution in [3.8, 4) is 0 Å². The molecule has 0 saturated heterocycles. The van der Waals surface area contributed by atoms with E-state index < -0.39 is 25.7 Å². The number of nitrogen functional groups attached to an aromatic ring is 1. The summed E-state index contributed by atoms with van der Waals surface area (Å²) in [5.41, 5.74) is 5.81. The lowest BCUT2D eigenvalue weighted by Gasteiger charge is -2.19. The molecular weight excluding hydrogens is 349 g/mol. The van der Waals surface area contributed by atoms with Gasteiger partial charge in [-0.15, -0.1) is 0 Å². The van der Waals surface area contributed by atoms with Gasteiger partial charge in [-0.05, 0) is 11.6 Å². The molecule has 1 aromatic carbocycles. The van der Waals surface area contributed by atoms with Crippen molar-refractivity contribution in [3.63, 3.8) is 0 Å². The van der Waals surface area contributed by atoms with E-state index in [4.69, 9.17) is 25.0 Å². The van der Waals surface area contributed by atoms with Crippen LogP contribution in [-0.4, -0.2) is 38.4 Å². The zero-order valence-electron chi connectivity index (χ0n) is 13.4. The van der Waals surface area contributed by atoms with E-state index in [-0.39, 0.29) is 19.0 Å². The fraction of sp³-hybridized carbons (Fsp3) is 0.333. The molecule has 4 N–H and O–H groups in total. The van der Waals surface area contributed by atoms with Crippen molar-refractivity contribution in [1.29, 1.82) is 0 Å². The topological polar surface area (TPSA) is 137 Å². The van der Waals surface area contributed by atoms with E-state index >= 15 is 0 Å². The van der Waals surface area contributed by atoms with Crippen LogP contribution in [0.25, 0.3) is 0 Å². The zero-order chi connectivity index (χ0) is 18.3. The Bertz CT molecular complexity index is 776. The lowest BCUT2D eigenvalue weighted by molar-refractivity contribution is -0.0180. The molecule has 0 aliphatic carbocycles. The van der Waals surface area contributed by atoms with Crippen LogP contribution >= 0.6 is 7.60 Å². The van der Waals surface area contributed by atoms with Gasteiger partial charge in [-0.1, -0.05) is 30.3 Å². The summed E-state index contributed by atoms with van der Waals surface area (Å²) in [6, 6.07) is 10.9. The Labute approximate surface area is 144 Å². The van der Waals surface area contributed by atoms with Crippen LogP contribution in [0.3, 0.4) is 0 Å². The van der Waals surface area contributed by atoms with E-state index in [2.05, 4.69) is 4.98 Å². The van der Waals surface area contributed by atoms with Crippen LogP contribution in [0.2, 0.25) is 0 Å². The van der Waals surface area contributed by atoms with Crippen LogP contribution in [-0.2, 0) is 27.2 Å². The third kappa shape index (κ3) is 7.16. The fourth-order valence-electron chi connectivity index (χ4n) is 2.04. The zero-order valence-corrected chi connectivity index (χ0v) is 14.3. The van der Waals surface area contributed by atoms with E-state index in [1.165, 1.54) is 16.8 Å². The molecule has 0 bridgehead atoms. The molecule has 2 aromatic rings. The molecule has 136 valence electrons. The van der Waals surface area contributed by atoms with Gasteiger partial charge in [-0.25, -0.2) is 4.79 Å². The molecule has 25 heavy (non-hydrogen) atoms. The van der Waals surface area contributed by atoms with Crippen molar-refractivity contribution >= 4 is 13.4 Å². The standard InChI is InChI=1S/C15H20N3O6P/c16-14-6-7-18(15(19)17-14)8-13(24-11-25(20,21)22)10-23-9-12-4-2-1-3-5-12/h1-7,13H,8-11H2,(H2,16,17,19)(H2,20,21,22)/t13-/m1/s1. The highest BCUT2D eigenvalue weighted by Gasteiger charge is 2.19. The van der Waals surface area contributed by atoms with E-state index in [0.29, 0.717) is 6.61 Å². The minimum Gasteiger partial charge on any atom is -0.383 e. The lowest BCUT2D eigenvalue weighted by atomic mass is 10.2. The van der Waals surface area contributed by atoms with E-state index in [1.807, 2.05) is 30.3 Å². The summed E-state index contributed by atoms with van der Waals surface area (Å²) < 4.78 is 23.0. The molecule has 9 nitrogen and oxygen atoms in total. The van der Waals surface area contributed by atoms with Crippen LogP contribution in [0.15, 0.2) is 47.4 Å². The van der Waals surface area contributed by atoms with Crippen LogP contribution in [0.5, 0.6) is 0 Å². The first-order chi connectivity index (χ1) is 11.8. The summed E-state index contributed by atoms with van der Waals surface area (Å²) in [6.45, 7) is 0.387. The molecule has 0 spiro atoms. The van der Waals surface area contributed by atoms with E-state index in [0.717, 1.165) is 5.56 Å². The van der Waals surface area contributed by atoms with Gasteiger partial charge >= 0.3 is 13.3 Å². The van der Waals surface area contributed by atoms with Crippen LogP contribution in [0.1, 0.15) is 5.56 Å². The van der Waals surface area contributed by atoms with Gasteiger partial charge in [-0.3, -0.25) is 9.13 Å². The van der Waals surface area contributed by atoms with E-state index in [9.17, 15) is 9.36 Å². The van der Waals surface area contributed by atoms with Crippen LogP contribution in [0.4, 0.5) is 5.82 Å². The molecule has 0 aliphatic rings. The first-order valence-electron chi connectivity index (χ1n) is 7.44. The second-order valence-corrected chi connectivity index (χ2v) is 6.96. The quantitative estimate of drug-likeness (QED) is 0.546. The maximum atomic E-state index is 11.8. The molecule has 10 heteroatoms. The smallest absolute Gasteiger partial charge is 0.350 e. The number of benzene rings is 1. The second-order valence-electron chi connectivity index (χ2n) is 5.37. The predicted molar refractivity (Wildman–Crippen MR) is 90.8 cm³/mol. The normalized spacial score (nSPS) is 12.9. The summed E-state index contributed by atoms with van der Waals surface area (Å²) in [7, 11) is -4.33. The number of aromatic nitrogens is 2. The summed E-state index contributed by atoms with van der Waals surface area (Å²) in [5, 5.41) is 0. The molecule has 0 amide bonds. The largest absolute Gasteiger partial charge is 0.383 e. The highest BCUT2D eigenvalue weighted by molar-refractivity contribution is 7.51. The molecule has 0 radical (unpaired) electrons. The predicted octanol–water partition coefficient (Wildman–Crippen LogP) is 0.563. The maximum Gasteiger partial charge on any atom is 0.350 e. The Morgan fingerprint density at radius 3 is 2.60 bits per heavy atom. The van der Waals surface area contributed by atoms with Crippen molar-refractivity contribution in [1.82, 2.24) is 9.55 Å². The van der Waals surface area contributed by atoms with Gasteiger partial charge in [0, 0.05) is 6.20 Å². The minimum absolute atomic E-state index is 0.0287. The second kappa shape index (κ2) is 8.89. The van der Waals surface area contributed by atoms with Crippen molar-refractivity contribution in [2.75, 3.05) is 18.7 Å². The number of rotatable bonds is 9. The van der Waals surface area contributed by atoms with Crippen LogP contribution in [0, 0.1) is 0 Å². The highest BCUT2D eigenvalue weighted by Crippen LogP contribution is 2.34. The van der Waals surface area contributed by atoms with Crippen molar-refractivity contribution in [2.24, 2.45) is 0 Å². The SMILES string of the molecule is Nc1ccn(C[C@H](COCc2ccccc2)OCP(=O)(O)O)c(=O)n1. The number of anilines is 1. The maximum absolute atomic E-state index is 11.8. The summed E-state index contributed by atoms with van der Waals surface area (Å²) in [4.78, 5) is 33.3. The first kappa shape index (κ1) is 19.3. The first-order valence-corrected chi connectivity index (χ1v) is 9.24. The fourth-order valence-corrected chi connectivity index (χ4v) is 2.44. The minimum atomic E-state index is -4.33. The average molecular weight is 369 g/mol. The van der Waals surface area contributed by atoms with Gasteiger partial charge in [0.2, 0.25) is 0 Å². The van der Waals surface area contributed by atoms with Crippen molar-refractivity contribution < 1.29 is 23.8 Å². The molecule has 0 aliphatic heterocycles. The third-order valence-electron chi connectivity index (χ3n) is 3.19. The van der Waals surface area contributed by atoms with Gasteiger partial charge < -0.3 is 25.0 Å². The van der Waals surface area contributed by atoms with Gasteiger partial charge in [0.15, 0.2) is 0 Å². The van der Waals surface area contributed by atoms with Crippen molar-refractivity contribution in [3.05, 3.63) is 58.6 Å². The Balaban J connectivity index is 1.99. The van der Waals surface area contributed by atoms with Gasteiger partial charge in [0.1, 0.15) is 12.2 Å². The monoisotopic (exact) mass is 369 g/mol. The molecule has 0 unspecified atom stereocenters. The molecular formula is C15H20N3O6P. The third-order valence-corrected chi connectivity index (χ3v) is 3.68. The summed E-state index contributed by atoms with van der Waals surface area (Å²) >= 11 is 0. The number of ether oxygens (including phenoxy) is 2. The molecule has 1 heterocycles. The molecule has 2 rings (SSSR count).